The number of fused-ring (bicyclic) bond motifs is 1. The second-order valence-electron chi connectivity index (χ2n) is 23.9. The number of methoxy groups -OCH3 is 1. The molecule has 0 unspecified atom stereocenters. The number of hydrogen-bond acceptors (Lipinski definition) is 31. The molecule has 7 aromatic heterocycles. The van der Waals surface area contributed by atoms with Crippen LogP contribution < -0.4 is 26.8 Å². The van der Waals surface area contributed by atoms with Gasteiger partial charge in [0.2, 0.25) is 0 Å². The van der Waals surface area contributed by atoms with Gasteiger partial charge in [-0.15, -0.1) is 0 Å². The highest BCUT2D eigenvalue weighted by molar-refractivity contribution is 7.99. The molecule has 5 N–H and O–H groups in total. The van der Waals surface area contributed by atoms with Crippen molar-refractivity contribution in [1.29, 1.82) is 0 Å². The quantitative estimate of drug-likeness (QED) is 0.00755. The fraction of sp³-hybridized carbons (Fsp3) is 0.529. The number of pyridine rings is 1. The molecule has 12 rings (SSSR count). The number of nitrogens with zero attached hydrogens (tertiary/aromatic N) is 13. The molecule has 0 bridgehead atoms. The lowest BCUT2D eigenvalue weighted by atomic mass is 10.2. The summed E-state index contributed by atoms with van der Waals surface area (Å²) >= 11 is 14.6. The number of carbonyl (C=O) groups excluding carboxylic acids is 4. The molecule has 0 amide bonds. The van der Waals surface area contributed by atoms with Crippen molar-refractivity contribution in [2.75, 3.05) is 79.1 Å². The van der Waals surface area contributed by atoms with Crippen molar-refractivity contribution in [3.05, 3.63) is 98.7 Å². The molecule has 556 valence electrons. The second kappa shape index (κ2) is 45.4. The van der Waals surface area contributed by atoms with Crippen LogP contribution in [0, 0.1) is 0 Å². The van der Waals surface area contributed by atoms with Crippen molar-refractivity contribution in [3.63, 3.8) is 0 Å². The van der Waals surface area contributed by atoms with E-state index in [1.54, 1.807) is 57.0 Å². The first-order valence-electron chi connectivity index (χ1n) is 34.5. The van der Waals surface area contributed by atoms with E-state index in [4.69, 9.17) is 21.1 Å². The van der Waals surface area contributed by atoms with Gasteiger partial charge in [0.1, 0.15) is 45.2 Å². The van der Waals surface area contributed by atoms with Crippen LogP contribution in [0.4, 0.5) is 23.3 Å². The Morgan fingerprint density at radius 2 is 0.903 bits per heavy atom. The highest BCUT2D eigenvalue weighted by Crippen LogP contribution is 2.32. The lowest BCUT2D eigenvalue weighted by Gasteiger charge is -2.15. The van der Waals surface area contributed by atoms with Crippen molar-refractivity contribution in [2.45, 2.75) is 210 Å². The van der Waals surface area contributed by atoms with E-state index in [-0.39, 0.29) is 34.8 Å². The van der Waals surface area contributed by atoms with Gasteiger partial charge in [0, 0.05) is 96.0 Å². The third-order valence-corrected chi connectivity index (χ3v) is 20.7. The van der Waals surface area contributed by atoms with Gasteiger partial charge >= 0.3 is 17.9 Å². The number of hydrogen-bond donors (Lipinski definition) is 5. The Bertz CT molecular complexity index is 3940. The summed E-state index contributed by atoms with van der Waals surface area (Å²) in [5, 5.41) is 28.0. The molecular weight excluding hydrogens is 1450 g/mol. The first kappa shape index (κ1) is 83.3. The van der Waals surface area contributed by atoms with E-state index in [2.05, 4.69) is 85.8 Å². The number of aliphatic hydroxyl groups is 1. The van der Waals surface area contributed by atoms with E-state index < -0.39 is 5.97 Å². The monoisotopic (exact) mass is 1540 g/mol. The summed E-state index contributed by atoms with van der Waals surface area (Å²) in [5.41, 5.74) is 3.60. The number of ether oxygens (including phenoxy) is 3. The van der Waals surface area contributed by atoms with Gasteiger partial charge in [-0.05, 0) is 128 Å². The van der Waals surface area contributed by atoms with E-state index in [9.17, 15) is 29.1 Å². The minimum Gasteiger partial charge on any atom is -0.466 e. The molecular formula is C70H94ClN17O9S6. The number of aromatic nitrogens is 13. The minimum atomic E-state index is -0.495. The van der Waals surface area contributed by atoms with Crippen LogP contribution in [0.3, 0.4) is 0 Å². The predicted octanol–water partition coefficient (Wildman–Crippen LogP) is 14.5. The van der Waals surface area contributed by atoms with Gasteiger partial charge in [-0.3, -0.25) is 14.2 Å². The smallest absolute Gasteiger partial charge is 0.343 e. The summed E-state index contributed by atoms with van der Waals surface area (Å²) in [6.07, 6.45) is 49.1. The van der Waals surface area contributed by atoms with Crippen LogP contribution in [-0.2, 0) is 25.6 Å². The standard InChI is InChI=1S/C14H19N3O2S.C13H19N3O2S.C13H15N3OS.C11H17N3OS.C11H15N3OS.C8H9ClN2O2S/c1-19-12(18)8-7-10-9-15-14(20-2)17-13(10)16-11-5-3-4-6-11;1-3-18-12(17)10-8-14-13(19-2)16-11(10)15-9-6-4-5-7-9;1-18-13-14-8-9-6-7-11(17)16(12(9)15-13)10-4-2-3-5-10;2*1-16-11-12-6-8(7-15)10(14-11)13-9-4-2-3-5-9;1-3-13-7(12)5-4-10-8(14-2)11-6(5)9/h7-9,11H,3-6H2,1-2H3,(H,15,16,17);8-9H,3-7H2,1-2H3,(H,14,15,16);6-8,10H,2-5H2,1H3;6,9,15H,2-5,7H2,1H3,(H,12,13,14);6-7,9H,2-5H2,1H3,(H,12,13,14);4H,3H2,1-2H3/b8-7+;;;;;. The zero-order valence-electron chi connectivity index (χ0n) is 59.9. The van der Waals surface area contributed by atoms with Gasteiger partial charge in [-0.1, -0.05) is 146 Å². The van der Waals surface area contributed by atoms with Crippen LogP contribution in [-0.4, -0.2) is 176 Å². The molecule has 7 aromatic rings. The molecule has 0 atom stereocenters. The summed E-state index contributed by atoms with van der Waals surface area (Å²) < 4.78 is 16.3. The number of halogens is 1. The molecule has 33 heteroatoms. The van der Waals surface area contributed by atoms with Crippen molar-refractivity contribution in [2.24, 2.45) is 0 Å². The Hall–Kier alpha value is -6.94. The molecule has 0 aromatic carbocycles. The Kier molecular flexibility index (Phi) is 36.8. The highest BCUT2D eigenvalue weighted by Gasteiger charge is 2.25. The Labute approximate surface area is 633 Å². The van der Waals surface area contributed by atoms with Gasteiger partial charge in [-0.25, -0.2) is 74.2 Å². The van der Waals surface area contributed by atoms with Crippen LogP contribution in [0.15, 0.2) is 91.1 Å². The van der Waals surface area contributed by atoms with E-state index in [1.165, 1.54) is 180 Å². The molecule has 5 fully saturated rings. The van der Waals surface area contributed by atoms with Gasteiger partial charge in [0.15, 0.2) is 37.2 Å². The normalized spacial score (nSPS) is 15.3. The van der Waals surface area contributed by atoms with Gasteiger partial charge in [-0.2, -0.15) is 0 Å². The summed E-state index contributed by atoms with van der Waals surface area (Å²) in [4.78, 5) is 108. The van der Waals surface area contributed by atoms with Crippen molar-refractivity contribution in [3.8, 4) is 0 Å². The topological polar surface area (TPSA) is 341 Å². The third kappa shape index (κ3) is 26.6. The number of esters is 3. The largest absolute Gasteiger partial charge is 0.466 e. The summed E-state index contributed by atoms with van der Waals surface area (Å²) in [7, 11) is 1.36. The minimum absolute atomic E-state index is 0.0102. The van der Waals surface area contributed by atoms with Crippen LogP contribution in [0.5, 0.6) is 0 Å². The Balaban J connectivity index is 0.000000174. The number of anilines is 4. The predicted molar refractivity (Wildman–Crippen MR) is 415 cm³/mol. The molecule has 103 heavy (non-hydrogen) atoms. The van der Waals surface area contributed by atoms with Gasteiger partial charge < -0.3 is 40.6 Å². The lowest BCUT2D eigenvalue weighted by Crippen LogP contribution is -2.23. The Morgan fingerprint density at radius 3 is 1.37 bits per heavy atom. The molecule has 0 aliphatic heterocycles. The number of carbonyl (C=O) groups is 4. The maximum Gasteiger partial charge on any atom is 0.343 e. The molecule has 5 aliphatic carbocycles. The van der Waals surface area contributed by atoms with Crippen LogP contribution in [0.1, 0.15) is 191 Å². The zero-order valence-corrected chi connectivity index (χ0v) is 65.5. The molecule has 0 saturated heterocycles. The second-order valence-corrected chi connectivity index (χ2v) is 28.9. The number of nitrogens with one attached hydrogen (secondary N) is 4. The molecule has 0 radical (unpaired) electrons. The number of rotatable bonds is 23. The van der Waals surface area contributed by atoms with Gasteiger partial charge in [0.05, 0.1) is 32.5 Å². The van der Waals surface area contributed by atoms with Gasteiger partial charge in [0.25, 0.3) is 5.56 Å². The van der Waals surface area contributed by atoms with E-state index in [0.29, 0.717) is 81.7 Å². The number of aliphatic hydroxyl groups excluding tert-OH is 1. The number of aldehydes is 1. The lowest BCUT2D eigenvalue weighted by molar-refractivity contribution is -0.134. The van der Waals surface area contributed by atoms with E-state index >= 15 is 0 Å². The fourth-order valence-corrected chi connectivity index (χ4v) is 14.0. The van der Waals surface area contributed by atoms with Crippen LogP contribution in [0.2, 0.25) is 5.15 Å². The summed E-state index contributed by atoms with van der Waals surface area (Å²) in [6.45, 7) is 4.16. The highest BCUT2D eigenvalue weighted by atomic mass is 35.5. The van der Waals surface area contributed by atoms with Crippen molar-refractivity contribution < 1.29 is 38.5 Å². The zero-order chi connectivity index (χ0) is 73.9. The van der Waals surface area contributed by atoms with Crippen molar-refractivity contribution >= 4 is 147 Å². The fourth-order valence-electron chi connectivity index (χ4n) is 11.8. The number of thioether (sulfide) groups is 6. The first-order chi connectivity index (χ1) is 50.1. The van der Waals surface area contributed by atoms with E-state index in [0.717, 1.165) is 94.1 Å². The van der Waals surface area contributed by atoms with Crippen LogP contribution >= 0.6 is 82.2 Å². The molecule has 26 nitrogen and oxygen atoms in total. The molecule has 5 saturated carbocycles. The van der Waals surface area contributed by atoms with Crippen LogP contribution in [0.25, 0.3) is 17.1 Å². The molecule has 0 spiro atoms. The summed E-state index contributed by atoms with van der Waals surface area (Å²) in [5.74, 6) is 1.63. The SMILES string of the molecule is CCOC(=O)c1cnc(SC)nc1Cl.CCOC(=O)c1cnc(SC)nc1NC1CCCC1.COC(=O)/C=C/c1cnc(SC)nc1NC1CCCC1.CSc1ncc(C=O)c(NC2CCCC2)n1.CSc1ncc(CO)c(NC2CCCC2)n1.CSc1ncc2ccc(=O)n(C3CCCC3)c2n1. The van der Waals surface area contributed by atoms with E-state index in [1.807, 2.05) is 48.2 Å². The maximum absolute atomic E-state index is 12.1. The summed E-state index contributed by atoms with van der Waals surface area (Å²) in [6, 6.07) is 5.59. The third-order valence-electron chi connectivity index (χ3n) is 17.0. The first-order valence-corrected chi connectivity index (χ1v) is 42.2. The molecule has 7 heterocycles. The Morgan fingerprint density at radius 1 is 0.515 bits per heavy atom. The average molecular weight is 1550 g/mol. The van der Waals surface area contributed by atoms with Crippen molar-refractivity contribution in [1.82, 2.24) is 64.4 Å². The maximum atomic E-state index is 12.1. The average Bonchev–Trinajstić information content (AvgIpc) is 1.53. The molecule has 5 aliphatic rings.